The molecule has 2 bridgehead atoms. The van der Waals surface area contributed by atoms with E-state index in [1.807, 2.05) is 52.8 Å². The van der Waals surface area contributed by atoms with Gasteiger partial charge >= 0.3 is 5.97 Å². The molecule has 2 aromatic rings. The predicted octanol–water partition coefficient (Wildman–Crippen LogP) is 6.04. The Balaban J connectivity index is 1.68. The number of fused-ring (bicyclic) bond motifs is 5. The first kappa shape index (κ1) is 22.1. The van der Waals surface area contributed by atoms with E-state index >= 15 is 0 Å². The Hall–Kier alpha value is -2.72. The number of ether oxygens (including phenoxy) is 2. The van der Waals surface area contributed by atoms with Crippen molar-refractivity contribution < 1.29 is 19.1 Å². The average molecular weight is 445 g/mol. The average Bonchev–Trinajstić information content (AvgIpc) is 3.37. The maximum absolute atomic E-state index is 13.9. The molecule has 4 nitrogen and oxygen atoms in total. The van der Waals surface area contributed by atoms with Gasteiger partial charge in [-0.3, -0.25) is 9.59 Å². The molecule has 1 aliphatic carbocycles. The number of hydrogen-bond acceptors (Lipinski definition) is 4. The van der Waals surface area contributed by atoms with Gasteiger partial charge in [0.05, 0.1) is 34.5 Å². The highest BCUT2D eigenvalue weighted by Gasteiger charge is 2.65. The minimum absolute atomic E-state index is 0.0591. The van der Waals surface area contributed by atoms with Crippen LogP contribution in [0.5, 0.6) is 0 Å². The summed E-state index contributed by atoms with van der Waals surface area (Å²) in [6.45, 7) is 11.7. The van der Waals surface area contributed by atoms with Crippen molar-refractivity contribution in [3.05, 3.63) is 64.9 Å². The summed E-state index contributed by atoms with van der Waals surface area (Å²) in [6, 6.07) is 14.5. The number of carbonyl (C=O) groups excluding carboxylic acids is 2. The first-order chi connectivity index (χ1) is 15.5. The van der Waals surface area contributed by atoms with Crippen molar-refractivity contribution in [2.75, 3.05) is 0 Å². The molecule has 2 aromatic carbocycles. The van der Waals surface area contributed by atoms with Gasteiger partial charge in [0.25, 0.3) is 0 Å². The molecule has 2 aliphatic heterocycles. The first-order valence-electron chi connectivity index (χ1n) is 11.9. The lowest BCUT2D eigenvalue weighted by atomic mass is 9.73. The van der Waals surface area contributed by atoms with E-state index in [-0.39, 0.29) is 29.7 Å². The number of aryl methyl sites for hydroxylation is 2. The molecule has 4 atom stereocenters. The van der Waals surface area contributed by atoms with Gasteiger partial charge in [0, 0.05) is 0 Å². The summed E-state index contributed by atoms with van der Waals surface area (Å²) in [5.41, 5.74) is 4.62. The number of hydrogen-bond donors (Lipinski definition) is 0. The second-order valence-electron chi connectivity index (χ2n) is 11.1. The van der Waals surface area contributed by atoms with Gasteiger partial charge in [-0.05, 0) is 82.2 Å². The van der Waals surface area contributed by atoms with Crippen LogP contribution in [-0.4, -0.2) is 23.5 Å². The fourth-order valence-corrected chi connectivity index (χ4v) is 5.94. The summed E-state index contributed by atoms with van der Waals surface area (Å²) >= 11 is 0. The van der Waals surface area contributed by atoms with Crippen LogP contribution in [0.4, 0.5) is 0 Å². The van der Waals surface area contributed by atoms with E-state index in [0.717, 1.165) is 40.7 Å². The summed E-state index contributed by atoms with van der Waals surface area (Å²) in [4.78, 5) is 26.9. The molecule has 5 rings (SSSR count). The zero-order valence-electron chi connectivity index (χ0n) is 20.3. The van der Waals surface area contributed by atoms with Crippen LogP contribution in [0.3, 0.4) is 0 Å². The van der Waals surface area contributed by atoms with Gasteiger partial charge in [0.15, 0.2) is 5.78 Å². The molecule has 0 aromatic heterocycles. The van der Waals surface area contributed by atoms with Crippen LogP contribution in [-0.2, 0) is 19.1 Å². The third-order valence-corrected chi connectivity index (χ3v) is 7.55. The molecule has 0 unspecified atom stereocenters. The SMILES string of the molecule is Cc1cc(-c2ccccc2)cc(C)c1C1=C(OC(=O)C(C)(C)C)[C@H]2[C@@H](C1=O)[C@@H]1CC[C@@]2(C)O1. The highest BCUT2D eigenvalue weighted by molar-refractivity contribution is 6.26. The second-order valence-corrected chi connectivity index (χ2v) is 11.1. The van der Waals surface area contributed by atoms with Crippen molar-refractivity contribution in [3.63, 3.8) is 0 Å². The molecule has 4 heteroatoms. The van der Waals surface area contributed by atoms with E-state index in [9.17, 15) is 9.59 Å². The van der Waals surface area contributed by atoms with Crippen molar-refractivity contribution in [2.45, 2.75) is 66.1 Å². The molecule has 172 valence electrons. The molecule has 0 radical (unpaired) electrons. The van der Waals surface area contributed by atoms with E-state index in [2.05, 4.69) is 31.2 Å². The van der Waals surface area contributed by atoms with Crippen molar-refractivity contribution in [3.8, 4) is 11.1 Å². The number of rotatable bonds is 3. The predicted molar refractivity (Wildman–Crippen MR) is 128 cm³/mol. The number of benzene rings is 2. The molecule has 0 N–H and O–H groups in total. The molecule has 0 amide bonds. The zero-order valence-corrected chi connectivity index (χ0v) is 20.3. The van der Waals surface area contributed by atoms with Gasteiger partial charge in [-0.15, -0.1) is 0 Å². The topological polar surface area (TPSA) is 52.6 Å². The van der Waals surface area contributed by atoms with Crippen LogP contribution >= 0.6 is 0 Å². The van der Waals surface area contributed by atoms with E-state index in [4.69, 9.17) is 9.47 Å². The van der Waals surface area contributed by atoms with Crippen molar-refractivity contribution >= 4 is 17.3 Å². The van der Waals surface area contributed by atoms with Crippen LogP contribution in [0.1, 0.15) is 57.2 Å². The largest absolute Gasteiger partial charge is 0.429 e. The van der Waals surface area contributed by atoms with E-state index in [0.29, 0.717) is 11.3 Å². The zero-order chi connectivity index (χ0) is 23.7. The number of allylic oxidation sites excluding steroid dienone is 1. The van der Waals surface area contributed by atoms with Crippen LogP contribution in [0.25, 0.3) is 16.7 Å². The number of esters is 1. The molecular weight excluding hydrogens is 412 g/mol. The van der Waals surface area contributed by atoms with Gasteiger partial charge in [0.1, 0.15) is 5.76 Å². The molecule has 2 saturated heterocycles. The Bertz CT molecular complexity index is 1160. The van der Waals surface area contributed by atoms with E-state index in [1.54, 1.807) is 0 Å². The molecule has 0 saturated carbocycles. The van der Waals surface area contributed by atoms with Crippen molar-refractivity contribution in [2.24, 2.45) is 17.3 Å². The molecule has 0 spiro atoms. The van der Waals surface area contributed by atoms with Gasteiger partial charge in [-0.25, -0.2) is 0 Å². The third kappa shape index (κ3) is 3.38. The standard InChI is InChI=1S/C29H32O4/c1-16-14-19(18-10-8-7-9-11-18)15-17(2)21(16)23-25(30)22-20-12-13-29(6,33-20)24(22)26(23)32-27(31)28(3,4)5/h7-11,14-15,20,22,24H,12-13H2,1-6H3/t20-,22-,24+,29+/m0/s1. The molecule has 3 aliphatic rings. The lowest BCUT2D eigenvalue weighted by Crippen LogP contribution is -2.37. The summed E-state index contributed by atoms with van der Waals surface area (Å²) in [7, 11) is 0. The minimum atomic E-state index is -0.667. The second kappa shape index (κ2) is 7.39. The number of carbonyl (C=O) groups is 2. The van der Waals surface area contributed by atoms with Crippen LogP contribution in [0.15, 0.2) is 48.2 Å². The van der Waals surface area contributed by atoms with Gasteiger partial charge in [-0.2, -0.15) is 0 Å². The van der Waals surface area contributed by atoms with Crippen LogP contribution in [0, 0.1) is 31.1 Å². The quantitative estimate of drug-likeness (QED) is 0.542. The van der Waals surface area contributed by atoms with Gasteiger partial charge in [-0.1, -0.05) is 42.5 Å². The Morgan fingerprint density at radius 2 is 1.70 bits per heavy atom. The first-order valence-corrected chi connectivity index (χ1v) is 11.9. The number of Topliss-reactive ketones (excluding diaryl/α,β-unsaturated/α-hetero) is 1. The van der Waals surface area contributed by atoms with E-state index < -0.39 is 11.0 Å². The Labute approximate surface area is 196 Å². The maximum atomic E-state index is 13.9. The van der Waals surface area contributed by atoms with E-state index in [1.165, 1.54) is 0 Å². The smallest absolute Gasteiger partial charge is 0.316 e. The molecule has 2 fully saturated rings. The summed E-state index contributed by atoms with van der Waals surface area (Å²) < 4.78 is 12.4. The normalized spacial score (nSPS) is 28.4. The van der Waals surface area contributed by atoms with Crippen LogP contribution < -0.4 is 0 Å². The lowest BCUT2D eigenvalue weighted by molar-refractivity contribution is -0.150. The van der Waals surface area contributed by atoms with Crippen LogP contribution in [0.2, 0.25) is 0 Å². The summed E-state index contributed by atoms with van der Waals surface area (Å²) in [5, 5.41) is 0. The summed E-state index contributed by atoms with van der Waals surface area (Å²) in [5.74, 6) is -0.213. The Morgan fingerprint density at radius 1 is 1.06 bits per heavy atom. The lowest BCUT2D eigenvalue weighted by Gasteiger charge is -2.31. The third-order valence-electron chi connectivity index (χ3n) is 7.55. The van der Waals surface area contributed by atoms with Gasteiger partial charge < -0.3 is 9.47 Å². The maximum Gasteiger partial charge on any atom is 0.316 e. The monoisotopic (exact) mass is 444 g/mol. The molecule has 33 heavy (non-hydrogen) atoms. The van der Waals surface area contributed by atoms with Gasteiger partial charge in [0.2, 0.25) is 0 Å². The summed E-state index contributed by atoms with van der Waals surface area (Å²) in [6.07, 6.45) is 1.65. The van der Waals surface area contributed by atoms with Crippen molar-refractivity contribution in [1.82, 2.24) is 0 Å². The fourth-order valence-electron chi connectivity index (χ4n) is 5.94. The molecular formula is C29H32O4. The van der Waals surface area contributed by atoms with Crippen molar-refractivity contribution in [1.29, 1.82) is 0 Å². The number of ketones is 1. The minimum Gasteiger partial charge on any atom is -0.429 e. The Morgan fingerprint density at radius 3 is 2.30 bits per heavy atom. The molecule has 2 heterocycles. The highest BCUT2D eigenvalue weighted by Crippen LogP contribution is 2.60. The highest BCUT2D eigenvalue weighted by atomic mass is 16.6. The Kier molecular flexibility index (Phi) is 4.95. The fraction of sp³-hybridized carbons (Fsp3) is 0.448.